The van der Waals surface area contributed by atoms with Gasteiger partial charge < -0.3 is 10.6 Å². The third-order valence-electron chi connectivity index (χ3n) is 3.76. The molecule has 1 saturated carbocycles. The first kappa shape index (κ1) is 13.5. The van der Waals surface area contributed by atoms with Crippen molar-refractivity contribution in [2.24, 2.45) is 0 Å². The number of hydrogen-bond acceptors (Lipinski definition) is 2. The summed E-state index contributed by atoms with van der Waals surface area (Å²) >= 11 is 0. The minimum atomic E-state index is -0.104. The molecule has 3 heteroatoms. The summed E-state index contributed by atoms with van der Waals surface area (Å²) in [7, 11) is 0. The Morgan fingerprint density at radius 2 is 2.00 bits per heavy atom. The molecular weight excluding hydrogens is 200 g/mol. The normalized spacial score (nSPS) is 21.1. The van der Waals surface area contributed by atoms with E-state index in [1.54, 1.807) is 0 Å². The van der Waals surface area contributed by atoms with E-state index in [4.69, 9.17) is 0 Å². The van der Waals surface area contributed by atoms with Crippen LogP contribution in [0.4, 0.5) is 0 Å². The first-order valence-electron chi connectivity index (χ1n) is 6.38. The van der Waals surface area contributed by atoms with Crippen molar-refractivity contribution >= 4 is 5.91 Å². The number of carbonyl (C=O) groups excluding carboxylic acids is 1. The van der Waals surface area contributed by atoms with Gasteiger partial charge in [-0.2, -0.15) is 0 Å². The van der Waals surface area contributed by atoms with E-state index in [0.717, 1.165) is 6.42 Å². The maximum Gasteiger partial charge on any atom is 0.237 e. The molecule has 1 amide bonds. The maximum absolute atomic E-state index is 12.0. The molecule has 0 heterocycles. The second-order valence-corrected chi connectivity index (χ2v) is 6.01. The molecule has 3 nitrogen and oxygen atoms in total. The van der Waals surface area contributed by atoms with Gasteiger partial charge in [0.2, 0.25) is 5.91 Å². The average molecular weight is 226 g/mol. The van der Waals surface area contributed by atoms with Crippen LogP contribution in [0.1, 0.15) is 60.3 Å². The zero-order chi connectivity index (χ0) is 12.4. The molecule has 1 atom stereocenters. The van der Waals surface area contributed by atoms with Crippen molar-refractivity contribution < 1.29 is 4.79 Å². The van der Waals surface area contributed by atoms with Crippen molar-refractivity contribution in [1.29, 1.82) is 0 Å². The van der Waals surface area contributed by atoms with Gasteiger partial charge in [0, 0.05) is 11.1 Å². The van der Waals surface area contributed by atoms with Crippen molar-refractivity contribution in [1.82, 2.24) is 10.6 Å². The predicted molar refractivity (Wildman–Crippen MR) is 67.4 cm³/mol. The molecular formula is C13H26N2O. The lowest BCUT2D eigenvalue weighted by Gasteiger charge is -2.41. The Kier molecular flexibility index (Phi) is 4.00. The number of rotatable bonds is 5. The largest absolute Gasteiger partial charge is 0.350 e. The van der Waals surface area contributed by atoms with Crippen molar-refractivity contribution in [3.05, 3.63) is 0 Å². The summed E-state index contributed by atoms with van der Waals surface area (Å²) < 4.78 is 0. The average Bonchev–Trinajstić information content (AvgIpc) is 2.14. The fraction of sp³-hybridized carbons (Fsp3) is 0.923. The summed E-state index contributed by atoms with van der Waals surface area (Å²) in [6, 6.07) is -0.101. The van der Waals surface area contributed by atoms with Gasteiger partial charge in [-0.15, -0.1) is 0 Å². The first-order valence-corrected chi connectivity index (χ1v) is 6.38. The molecule has 16 heavy (non-hydrogen) atoms. The van der Waals surface area contributed by atoms with Crippen LogP contribution in [0.15, 0.2) is 0 Å². The molecule has 0 aromatic heterocycles. The van der Waals surface area contributed by atoms with E-state index < -0.39 is 0 Å². The second kappa shape index (κ2) is 4.74. The van der Waals surface area contributed by atoms with Crippen LogP contribution >= 0.6 is 0 Å². The molecule has 1 rings (SSSR count). The summed E-state index contributed by atoms with van der Waals surface area (Å²) in [4.78, 5) is 12.0. The molecule has 0 radical (unpaired) electrons. The highest BCUT2D eigenvalue weighted by Gasteiger charge is 2.34. The van der Waals surface area contributed by atoms with Gasteiger partial charge in [0.05, 0.1) is 6.04 Å². The van der Waals surface area contributed by atoms with Crippen LogP contribution in [-0.4, -0.2) is 23.0 Å². The molecule has 0 aromatic rings. The van der Waals surface area contributed by atoms with E-state index >= 15 is 0 Å². The zero-order valence-electron chi connectivity index (χ0n) is 11.3. The van der Waals surface area contributed by atoms with Gasteiger partial charge in [-0.1, -0.05) is 6.92 Å². The highest BCUT2D eigenvalue weighted by molar-refractivity contribution is 5.82. The van der Waals surface area contributed by atoms with Gasteiger partial charge in [0.1, 0.15) is 0 Å². The Balaban J connectivity index is 2.41. The highest BCUT2D eigenvalue weighted by atomic mass is 16.2. The second-order valence-electron chi connectivity index (χ2n) is 6.01. The molecule has 0 saturated heterocycles. The van der Waals surface area contributed by atoms with Crippen molar-refractivity contribution in [2.45, 2.75) is 77.4 Å². The van der Waals surface area contributed by atoms with E-state index in [9.17, 15) is 4.79 Å². The third-order valence-corrected chi connectivity index (χ3v) is 3.76. The number of nitrogens with one attached hydrogen (secondary N) is 2. The van der Waals surface area contributed by atoms with Crippen LogP contribution < -0.4 is 10.6 Å². The lowest BCUT2D eigenvalue weighted by molar-refractivity contribution is -0.125. The molecule has 1 fully saturated rings. The van der Waals surface area contributed by atoms with Gasteiger partial charge in [0.15, 0.2) is 0 Å². The minimum Gasteiger partial charge on any atom is -0.350 e. The van der Waals surface area contributed by atoms with Gasteiger partial charge in [0.25, 0.3) is 0 Å². The molecule has 1 aliphatic carbocycles. The van der Waals surface area contributed by atoms with E-state index in [-0.39, 0.29) is 23.0 Å². The van der Waals surface area contributed by atoms with Crippen molar-refractivity contribution in [3.63, 3.8) is 0 Å². The topological polar surface area (TPSA) is 41.1 Å². The molecule has 0 spiro atoms. The molecule has 0 aromatic carbocycles. The van der Waals surface area contributed by atoms with E-state index in [1.165, 1.54) is 19.3 Å². The summed E-state index contributed by atoms with van der Waals surface area (Å²) in [6.07, 6.45) is 4.59. The van der Waals surface area contributed by atoms with Gasteiger partial charge in [-0.05, 0) is 53.4 Å². The van der Waals surface area contributed by atoms with Crippen molar-refractivity contribution in [3.8, 4) is 0 Å². The van der Waals surface area contributed by atoms with Gasteiger partial charge in [-0.3, -0.25) is 4.79 Å². The van der Waals surface area contributed by atoms with E-state index in [1.807, 2.05) is 6.92 Å². The minimum absolute atomic E-state index is 0.101. The molecule has 0 bridgehead atoms. The first-order chi connectivity index (χ1) is 7.28. The number of amides is 1. The smallest absolute Gasteiger partial charge is 0.237 e. The third kappa shape index (κ3) is 3.48. The monoisotopic (exact) mass is 226 g/mol. The summed E-state index contributed by atoms with van der Waals surface area (Å²) in [5.74, 6) is 0.111. The van der Waals surface area contributed by atoms with Crippen LogP contribution in [0, 0.1) is 0 Å². The lowest BCUT2D eigenvalue weighted by atomic mass is 9.78. The number of carbonyl (C=O) groups is 1. The Morgan fingerprint density at radius 1 is 1.44 bits per heavy atom. The Bertz CT molecular complexity index is 257. The summed E-state index contributed by atoms with van der Waals surface area (Å²) in [6.45, 7) is 10.4. The van der Waals surface area contributed by atoms with Crippen LogP contribution in [0.3, 0.4) is 0 Å². The fourth-order valence-electron chi connectivity index (χ4n) is 1.97. The Hall–Kier alpha value is -0.570. The van der Waals surface area contributed by atoms with Crippen molar-refractivity contribution in [2.75, 3.05) is 0 Å². The molecule has 2 N–H and O–H groups in total. The quantitative estimate of drug-likeness (QED) is 0.754. The lowest BCUT2D eigenvalue weighted by Crippen LogP contribution is -2.58. The Labute approximate surface area is 99.4 Å². The summed E-state index contributed by atoms with van der Waals surface area (Å²) in [5, 5.41) is 6.50. The number of hydrogen-bond donors (Lipinski definition) is 2. The molecule has 0 aliphatic heterocycles. The summed E-state index contributed by atoms with van der Waals surface area (Å²) in [5.41, 5.74) is 0.0840. The van der Waals surface area contributed by atoms with E-state index in [2.05, 4.69) is 38.3 Å². The standard InChI is InChI=1S/C13H26N2O/c1-6-12(3,4)15-11(16)10(2)14-13(5)8-7-9-13/h10,14H,6-9H2,1-5H3,(H,15,16). The highest BCUT2D eigenvalue weighted by Crippen LogP contribution is 2.31. The van der Waals surface area contributed by atoms with Gasteiger partial charge >= 0.3 is 0 Å². The maximum atomic E-state index is 12.0. The molecule has 1 aliphatic rings. The van der Waals surface area contributed by atoms with Gasteiger partial charge in [-0.25, -0.2) is 0 Å². The zero-order valence-corrected chi connectivity index (χ0v) is 11.3. The molecule has 1 unspecified atom stereocenters. The van der Waals surface area contributed by atoms with Crippen LogP contribution in [0.2, 0.25) is 0 Å². The fourth-order valence-corrected chi connectivity index (χ4v) is 1.97. The van der Waals surface area contributed by atoms with Crippen LogP contribution in [0.25, 0.3) is 0 Å². The van der Waals surface area contributed by atoms with Crippen LogP contribution in [0.5, 0.6) is 0 Å². The van der Waals surface area contributed by atoms with E-state index in [0.29, 0.717) is 0 Å². The van der Waals surface area contributed by atoms with Crippen LogP contribution in [-0.2, 0) is 4.79 Å². The molecule has 94 valence electrons. The predicted octanol–water partition coefficient (Wildman–Crippen LogP) is 2.21. The SMILES string of the molecule is CCC(C)(C)NC(=O)C(C)NC1(C)CCC1. The Morgan fingerprint density at radius 3 is 2.38 bits per heavy atom.